The van der Waals surface area contributed by atoms with Crippen LogP contribution in [-0.4, -0.2) is 31.4 Å². The number of ether oxygens (including phenoxy) is 1. The third-order valence-corrected chi connectivity index (χ3v) is 7.35. The van der Waals surface area contributed by atoms with E-state index in [1.54, 1.807) is 30.3 Å². The van der Waals surface area contributed by atoms with Gasteiger partial charge in [-0.1, -0.05) is 58.7 Å². The lowest BCUT2D eigenvalue weighted by atomic mass is 10.2. The third kappa shape index (κ3) is 6.48. The zero-order valence-electron chi connectivity index (χ0n) is 18.7. The van der Waals surface area contributed by atoms with Gasteiger partial charge in [-0.3, -0.25) is 4.79 Å². The van der Waals surface area contributed by atoms with Gasteiger partial charge in [0.25, 0.3) is 0 Å². The number of hydrogen-bond donors (Lipinski definition) is 1. The van der Waals surface area contributed by atoms with Crippen LogP contribution in [-0.2, 0) is 11.3 Å². The number of carbonyl (C=O) groups excluding carboxylic acids is 1. The van der Waals surface area contributed by atoms with Crippen LogP contribution in [0.5, 0.6) is 5.75 Å². The molecule has 0 aliphatic heterocycles. The molecule has 0 spiro atoms. The number of nitrogens with one attached hydrogen (secondary N) is 1. The predicted molar refractivity (Wildman–Crippen MR) is 143 cm³/mol. The molecule has 0 saturated heterocycles. The van der Waals surface area contributed by atoms with Crippen LogP contribution in [0.1, 0.15) is 25.8 Å². The second-order valence-corrected chi connectivity index (χ2v) is 10.4. The molecule has 2 heterocycles. The van der Waals surface area contributed by atoms with Crippen molar-refractivity contribution in [3.8, 4) is 17.0 Å². The standard InChI is InChI=1S/C23H20Cl3N5O2S2/c1-3-31-21(13(2)33-19-9-8-16(25)10-17(19)26)29-30-23(31)35-12-20(32)28-22-27-18(11-34-22)14-4-6-15(24)7-5-14/h4-11,13H,3,12H2,1-2H3,(H,27,28,32). The summed E-state index contributed by atoms with van der Waals surface area (Å²) in [4.78, 5) is 17.0. The van der Waals surface area contributed by atoms with Crippen molar-refractivity contribution >= 4 is 68.9 Å². The van der Waals surface area contributed by atoms with E-state index in [1.165, 1.54) is 23.1 Å². The number of nitrogens with zero attached hydrogens (tertiary/aromatic N) is 4. The van der Waals surface area contributed by atoms with E-state index in [0.717, 1.165) is 11.3 Å². The summed E-state index contributed by atoms with van der Waals surface area (Å²) < 4.78 is 7.89. The van der Waals surface area contributed by atoms with E-state index in [9.17, 15) is 4.79 Å². The van der Waals surface area contributed by atoms with Crippen molar-refractivity contribution in [1.82, 2.24) is 19.7 Å². The van der Waals surface area contributed by atoms with Crippen molar-refractivity contribution in [3.63, 3.8) is 0 Å². The van der Waals surface area contributed by atoms with Crippen molar-refractivity contribution in [2.45, 2.75) is 31.7 Å². The molecular weight excluding hydrogens is 549 g/mol. The minimum absolute atomic E-state index is 0.159. The number of rotatable bonds is 9. The van der Waals surface area contributed by atoms with E-state index in [4.69, 9.17) is 39.5 Å². The van der Waals surface area contributed by atoms with Gasteiger partial charge in [0.05, 0.1) is 16.5 Å². The highest BCUT2D eigenvalue weighted by Gasteiger charge is 2.20. The first-order valence-electron chi connectivity index (χ1n) is 10.5. The number of halogens is 3. The number of hydrogen-bond acceptors (Lipinski definition) is 7. The van der Waals surface area contributed by atoms with E-state index >= 15 is 0 Å². The number of benzene rings is 2. The first-order valence-corrected chi connectivity index (χ1v) is 13.5. The molecule has 1 unspecified atom stereocenters. The van der Waals surface area contributed by atoms with Crippen LogP contribution in [0, 0.1) is 0 Å². The van der Waals surface area contributed by atoms with Gasteiger partial charge in [-0.15, -0.1) is 21.5 Å². The molecule has 182 valence electrons. The molecule has 1 atom stereocenters. The number of aromatic nitrogens is 4. The van der Waals surface area contributed by atoms with E-state index in [1.807, 2.05) is 35.9 Å². The highest BCUT2D eigenvalue weighted by Crippen LogP contribution is 2.32. The van der Waals surface area contributed by atoms with Gasteiger partial charge in [0, 0.05) is 27.5 Å². The molecule has 4 aromatic rings. The summed E-state index contributed by atoms with van der Waals surface area (Å²) in [5, 5.41) is 16.0. The zero-order chi connectivity index (χ0) is 24.9. The normalized spacial score (nSPS) is 11.9. The molecule has 4 rings (SSSR count). The first kappa shape index (κ1) is 25.8. The summed E-state index contributed by atoms with van der Waals surface area (Å²) in [6.07, 6.45) is -0.411. The van der Waals surface area contributed by atoms with Gasteiger partial charge in [-0.05, 0) is 44.2 Å². The Morgan fingerprint density at radius 1 is 1.14 bits per heavy atom. The van der Waals surface area contributed by atoms with Gasteiger partial charge in [-0.2, -0.15) is 0 Å². The van der Waals surface area contributed by atoms with Crippen molar-refractivity contribution in [2.75, 3.05) is 11.1 Å². The summed E-state index contributed by atoms with van der Waals surface area (Å²) in [7, 11) is 0. The van der Waals surface area contributed by atoms with Crippen molar-refractivity contribution in [1.29, 1.82) is 0 Å². The van der Waals surface area contributed by atoms with Crippen LogP contribution in [0.25, 0.3) is 11.3 Å². The van der Waals surface area contributed by atoms with Crippen LogP contribution >= 0.6 is 57.9 Å². The van der Waals surface area contributed by atoms with Gasteiger partial charge in [0.1, 0.15) is 5.75 Å². The highest BCUT2D eigenvalue weighted by molar-refractivity contribution is 7.99. The summed E-state index contributed by atoms with van der Waals surface area (Å²) in [6.45, 7) is 4.46. The maximum absolute atomic E-state index is 12.5. The largest absolute Gasteiger partial charge is 0.481 e. The average Bonchev–Trinajstić information content (AvgIpc) is 3.47. The number of amides is 1. The highest BCUT2D eigenvalue weighted by atomic mass is 35.5. The molecule has 0 aliphatic carbocycles. The lowest BCUT2D eigenvalue weighted by Crippen LogP contribution is -2.15. The van der Waals surface area contributed by atoms with E-state index in [-0.39, 0.29) is 11.7 Å². The van der Waals surface area contributed by atoms with Crippen molar-refractivity contribution in [3.05, 3.63) is 68.7 Å². The number of thiazole rings is 1. The van der Waals surface area contributed by atoms with Crippen LogP contribution < -0.4 is 10.1 Å². The Morgan fingerprint density at radius 2 is 1.89 bits per heavy atom. The fourth-order valence-electron chi connectivity index (χ4n) is 3.19. The smallest absolute Gasteiger partial charge is 0.236 e. The number of thioether (sulfide) groups is 1. The first-order chi connectivity index (χ1) is 16.8. The predicted octanol–water partition coefficient (Wildman–Crippen LogP) is 7.25. The van der Waals surface area contributed by atoms with Gasteiger partial charge >= 0.3 is 0 Å². The second-order valence-electron chi connectivity index (χ2n) is 7.30. The maximum Gasteiger partial charge on any atom is 0.236 e. The molecule has 1 amide bonds. The van der Waals surface area contributed by atoms with Gasteiger partial charge < -0.3 is 14.6 Å². The molecular formula is C23H20Cl3N5O2S2. The second kappa shape index (κ2) is 11.6. The molecule has 35 heavy (non-hydrogen) atoms. The molecule has 12 heteroatoms. The monoisotopic (exact) mass is 567 g/mol. The minimum atomic E-state index is -0.411. The molecule has 0 saturated carbocycles. The Hall–Kier alpha value is -2.30. The topological polar surface area (TPSA) is 81.9 Å². The lowest BCUT2D eigenvalue weighted by molar-refractivity contribution is -0.113. The Labute approximate surface area is 225 Å². The lowest BCUT2D eigenvalue weighted by Gasteiger charge is -2.16. The van der Waals surface area contributed by atoms with Gasteiger partial charge in [0.2, 0.25) is 5.91 Å². The van der Waals surface area contributed by atoms with Gasteiger partial charge in [0.15, 0.2) is 22.2 Å². The summed E-state index contributed by atoms with van der Waals surface area (Å²) in [5.41, 5.74) is 1.71. The van der Waals surface area contributed by atoms with Crippen LogP contribution in [0.2, 0.25) is 15.1 Å². The Bertz CT molecular complexity index is 1330. The zero-order valence-corrected chi connectivity index (χ0v) is 22.6. The summed E-state index contributed by atoms with van der Waals surface area (Å²) >= 11 is 20.8. The maximum atomic E-state index is 12.5. The molecule has 0 bridgehead atoms. The Balaban J connectivity index is 1.36. The van der Waals surface area contributed by atoms with Crippen LogP contribution in [0.4, 0.5) is 5.13 Å². The van der Waals surface area contributed by atoms with Crippen molar-refractivity contribution in [2.24, 2.45) is 0 Å². The fraction of sp³-hybridized carbons (Fsp3) is 0.217. The third-order valence-electron chi connectivity index (χ3n) is 4.85. The molecule has 1 N–H and O–H groups in total. The quantitative estimate of drug-likeness (QED) is 0.214. The average molecular weight is 569 g/mol. The Kier molecular flexibility index (Phi) is 8.56. The van der Waals surface area contributed by atoms with E-state index < -0.39 is 6.10 Å². The molecule has 0 fully saturated rings. The molecule has 0 radical (unpaired) electrons. The molecule has 2 aromatic carbocycles. The molecule has 2 aromatic heterocycles. The minimum Gasteiger partial charge on any atom is -0.481 e. The van der Waals surface area contributed by atoms with E-state index in [0.29, 0.717) is 43.5 Å². The van der Waals surface area contributed by atoms with Gasteiger partial charge in [-0.25, -0.2) is 4.98 Å². The van der Waals surface area contributed by atoms with Crippen LogP contribution in [0.15, 0.2) is 53.0 Å². The number of anilines is 1. The molecule has 0 aliphatic rings. The van der Waals surface area contributed by atoms with Crippen LogP contribution in [0.3, 0.4) is 0 Å². The summed E-state index contributed by atoms with van der Waals surface area (Å²) in [5.74, 6) is 1.11. The number of carbonyl (C=O) groups is 1. The Morgan fingerprint density at radius 3 is 2.60 bits per heavy atom. The SMILES string of the molecule is CCn1c(SCC(=O)Nc2nc(-c3ccc(Cl)cc3)cs2)nnc1C(C)Oc1ccc(Cl)cc1Cl. The fourth-order valence-corrected chi connectivity index (χ4v) is 5.31. The van der Waals surface area contributed by atoms with Crippen molar-refractivity contribution < 1.29 is 9.53 Å². The van der Waals surface area contributed by atoms with E-state index in [2.05, 4.69) is 20.5 Å². The molecule has 7 nitrogen and oxygen atoms in total. The summed E-state index contributed by atoms with van der Waals surface area (Å²) in [6, 6.07) is 12.4.